The highest BCUT2D eigenvalue weighted by molar-refractivity contribution is 7.86. The molecule has 0 fully saturated rings. The summed E-state index contributed by atoms with van der Waals surface area (Å²) in [6.45, 7) is 3.75. The summed E-state index contributed by atoms with van der Waals surface area (Å²) in [6.07, 6.45) is 0. The summed E-state index contributed by atoms with van der Waals surface area (Å²) in [4.78, 5) is 23.2. The molecule has 0 aliphatic heterocycles. The summed E-state index contributed by atoms with van der Waals surface area (Å²) in [5, 5.41) is 3.41. The minimum Gasteiger partial charge on any atom is -0.494 e. The number of carbonyl (C=O) groups excluding carboxylic acids is 2. The summed E-state index contributed by atoms with van der Waals surface area (Å²) < 4.78 is 17.7. The quantitative estimate of drug-likeness (QED) is 0.690. The molecule has 116 valence electrons. The molecule has 0 spiro atoms. The maximum absolute atomic E-state index is 12.4. The molecule has 0 radical (unpaired) electrons. The van der Waals surface area contributed by atoms with Gasteiger partial charge in [-0.15, -0.1) is 0 Å². The summed E-state index contributed by atoms with van der Waals surface area (Å²) in [5.74, 6) is -0.122. The number of ether oxygens (including phenoxy) is 1. The largest absolute Gasteiger partial charge is 0.494 e. The predicted octanol–water partition coefficient (Wildman–Crippen LogP) is 0.619. The number of anilines is 1. The van der Waals surface area contributed by atoms with Gasteiger partial charge in [0, 0.05) is 12.7 Å². The number of urea groups is 1. The number of imide groups is 1. The van der Waals surface area contributed by atoms with Gasteiger partial charge in [0.25, 0.3) is 0 Å². The average Bonchev–Trinajstić information content (AvgIpc) is 2.47. The highest BCUT2D eigenvalue weighted by Crippen LogP contribution is 2.25. The third-order valence-electron chi connectivity index (χ3n) is 2.67. The van der Waals surface area contributed by atoms with Gasteiger partial charge in [-0.2, -0.15) is 0 Å². The first-order chi connectivity index (χ1) is 9.90. The molecule has 1 aromatic rings. The Hall–Kier alpha value is -2.09. The molecule has 3 amide bonds. The second-order valence-corrected chi connectivity index (χ2v) is 5.88. The number of carbonyl (C=O) groups is 2. The zero-order valence-corrected chi connectivity index (χ0v) is 13.0. The van der Waals surface area contributed by atoms with E-state index < -0.39 is 28.0 Å². The molecule has 0 heterocycles. The molecule has 0 aliphatic rings. The van der Waals surface area contributed by atoms with Crippen molar-refractivity contribution in [3.8, 4) is 5.75 Å². The van der Waals surface area contributed by atoms with Gasteiger partial charge in [0.2, 0.25) is 5.91 Å². The standard InChI is InChI=1S/C13H19N3O4S/c1-4-20-9-5-6-10(14)11(7-9)21(19)8(2)12(17)16-13(18)15-3/h5-8H,4,14H2,1-3H3,(H2,15,16,17,18). The number of nitrogens with one attached hydrogen (secondary N) is 2. The third kappa shape index (κ3) is 4.45. The minimum absolute atomic E-state index is 0.302. The highest BCUT2D eigenvalue weighted by atomic mass is 32.2. The topological polar surface area (TPSA) is 111 Å². The molecule has 2 atom stereocenters. The Morgan fingerprint density at radius 2 is 2.10 bits per heavy atom. The maximum atomic E-state index is 12.4. The lowest BCUT2D eigenvalue weighted by atomic mass is 10.3. The lowest BCUT2D eigenvalue weighted by Crippen LogP contribution is -2.43. The molecule has 1 rings (SSSR count). The van der Waals surface area contributed by atoms with Crippen LogP contribution in [0.4, 0.5) is 10.5 Å². The van der Waals surface area contributed by atoms with Crippen LogP contribution in [0.15, 0.2) is 23.1 Å². The van der Waals surface area contributed by atoms with Crippen molar-refractivity contribution >= 4 is 28.4 Å². The molecule has 8 heteroatoms. The summed E-state index contributed by atoms with van der Waals surface area (Å²) >= 11 is 0. The van der Waals surface area contributed by atoms with Crippen molar-refractivity contribution in [2.24, 2.45) is 0 Å². The Kier molecular flexibility index (Phi) is 6.16. The zero-order chi connectivity index (χ0) is 16.0. The van der Waals surface area contributed by atoms with Gasteiger partial charge in [0.1, 0.15) is 11.0 Å². The van der Waals surface area contributed by atoms with Crippen molar-refractivity contribution < 1.29 is 18.5 Å². The normalized spacial score (nSPS) is 13.1. The third-order valence-corrected chi connectivity index (χ3v) is 4.31. The fourth-order valence-electron chi connectivity index (χ4n) is 1.51. The number of rotatable bonds is 5. The smallest absolute Gasteiger partial charge is 0.321 e. The molecule has 2 unspecified atom stereocenters. The average molecular weight is 313 g/mol. The van der Waals surface area contributed by atoms with Gasteiger partial charge in [-0.25, -0.2) is 4.79 Å². The van der Waals surface area contributed by atoms with Crippen LogP contribution >= 0.6 is 0 Å². The van der Waals surface area contributed by atoms with E-state index in [0.29, 0.717) is 22.9 Å². The van der Waals surface area contributed by atoms with Gasteiger partial charge in [-0.05, 0) is 32.0 Å². The van der Waals surface area contributed by atoms with Crippen LogP contribution < -0.4 is 21.1 Å². The van der Waals surface area contributed by atoms with Gasteiger partial charge >= 0.3 is 6.03 Å². The summed E-state index contributed by atoms with van der Waals surface area (Å²) in [6, 6.07) is 4.12. The van der Waals surface area contributed by atoms with E-state index >= 15 is 0 Å². The van der Waals surface area contributed by atoms with Crippen molar-refractivity contribution in [3.05, 3.63) is 18.2 Å². The van der Waals surface area contributed by atoms with Crippen LogP contribution in [0.2, 0.25) is 0 Å². The van der Waals surface area contributed by atoms with Crippen LogP contribution in [0.5, 0.6) is 5.75 Å². The predicted molar refractivity (Wildman–Crippen MR) is 80.5 cm³/mol. The molecule has 0 aromatic heterocycles. The van der Waals surface area contributed by atoms with Crippen molar-refractivity contribution in [1.29, 1.82) is 0 Å². The molecule has 4 N–H and O–H groups in total. The number of hydrogen-bond acceptors (Lipinski definition) is 5. The van der Waals surface area contributed by atoms with Crippen molar-refractivity contribution in [2.45, 2.75) is 24.0 Å². The highest BCUT2D eigenvalue weighted by Gasteiger charge is 2.24. The second-order valence-electron chi connectivity index (χ2n) is 4.14. The number of amides is 3. The molecule has 21 heavy (non-hydrogen) atoms. The molecule has 0 bridgehead atoms. The first-order valence-electron chi connectivity index (χ1n) is 6.36. The Morgan fingerprint density at radius 3 is 2.67 bits per heavy atom. The Bertz CT molecular complexity index is 562. The van der Waals surface area contributed by atoms with E-state index in [1.165, 1.54) is 14.0 Å². The zero-order valence-electron chi connectivity index (χ0n) is 12.1. The van der Waals surface area contributed by atoms with Crippen LogP contribution in [0.3, 0.4) is 0 Å². The van der Waals surface area contributed by atoms with Gasteiger partial charge in [0.15, 0.2) is 0 Å². The van der Waals surface area contributed by atoms with Crippen LogP contribution in [0.1, 0.15) is 13.8 Å². The van der Waals surface area contributed by atoms with E-state index in [2.05, 4.69) is 10.6 Å². The van der Waals surface area contributed by atoms with Crippen LogP contribution in [0, 0.1) is 0 Å². The van der Waals surface area contributed by atoms with Gasteiger partial charge < -0.3 is 15.8 Å². The van der Waals surface area contributed by atoms with Crippen molar-refractivity contribution in [3.63, 3.8) is 0 Å². The minimum atomic E-state index is -1.70. The van der Waals surface area contributed by atoms with E-state index in [9.17, 15) is 13.8 Å². The van der Waals surface area contributed by atoms with E-state index in [0.717, 1.165) is 0 Å². The molecule has 0 aliphatic carbocycles. The van der Waals surface area contributed by atoms with E-state index in [4.69, 9.17) is 10.5 Å². The van der Waals surface area contributed by atoms with E-state index in [1.807, 2.05) is 6.92 Å². The molecular formula is C13H19N3O4S. The van der Waals surface area contributed by atoms with Crippen LogP contribution in [-0.2, 0) is 15.6 Å². The Morgan fingerprint density at radius 1 is 1.43 bits per heavy atom. The van der Waals surface area contributed by atoms with E-state index in [1.54, 1.807) is 18.2 Å². The van der Waals surface area contributed by atoms with E-state index in [-0.39, 0.29) is 0 Å². The van der Waals surface area contributed by atoms with Crippen molar-refractivity contribution in [2.75, 3.05) is 19.4 Å². The summed E-state index contributed by atoms with van der Waals surface area (Å²) in [7, 11) is -0.316. The Balaban J connectivity index is 2.94. The summed E-state index contributed by atoms with van der Waals surface area (Å²) in [5.41, 5.74) is 6.09. The van der Waals surface area contributed by atoms with Gasteiger partial charge in [0.05, 0.1) is 22.3 Å². The number of nitrogens with two attached hydrogens (primary N) is 1. The Labute approximate surface area is 125 Å². The fraction of sp³-hybridized carbons (Fsp3) is 0.385. The van der Waals surface area contributed by atoms with Crippen LogP contribution in [0.25, 0.3) is 0 Å². The lowest BCUT2D eigenvalue weighted by Gasteiger charge is -2.14. The first kappa shape index (κ1) is 17.0. The van der Waals surface area contributed by atoms with Crippen molar-refractivity contribution in [1.82, 2.24) is 10.6 Å². The lowest BCUT2D eigenvalue weighted by molar-refractivity contribution is -0.119. The molecule has 0 saturated carbocycles. The number of benzene rings is 1. The van der Waals surface area contributed by atoms with Crippen LogP contribution in [-0.4, -0.2) is 35.1 Å². The first-order valence-corrected chi connectivity index (χ1v) is 7.57. The fourth-order valence-corrected chi connectivity index (χ4v) is 2.68. The van der Waals surface area contributed by atoms with Gasteiger partial charge in [-0.3, -0.25) is 14.3 Å². The molecule has 7 nitrogen and oxygen atoms in total. The molecule has 0 saturated heterocycles. The maximum Gasteiger partial charge on any atom is 0.321 e. The number of nitrogen functional groups attached to an aromatic ring is 1. The second kappa shape index (κ2) is 7.63. The molecule has 1 aromatic carbocycles. The SMILES string of the molecule is CCOc1ccc(N)c(S(=O)C(C)C(=O)NC(=O)NC)c1. The monoisotopic (exact) mass is 313 g/mol. The van der Waals surface area contributed by atoms with Gasteiger partial charge in [-0.1, -0.05) is 0 Å². The molecular weight excluding hydrogens is 294 g/mol. The number of hydrogen-bond donors (Lipinski definition) is 3.